The molecule has 2 aromatic carbocycles. The van der Waals surface area contributed by atoms with Crippen molar-refractivity contribution < 1.29 is 9.47 Å². The van der Waals surface area contributed by atoms with Gasteiger partial charge in [0.25, 0.3) is 0 Å². The maximum Gasteiger partial charge on any atom is 0.141 e. The number of nitrogens with one attached hydrogen (secondary N) is 1. The van der Waals surface area contributed by atoms with Gasteiger partial charge in [-0.2, -0.15) is 0 Å². The second kappa shape index (κ2) is 9.27. The summed E-state index contributed by atoms with van der Waals surface area (Å²) < 4.78 is 12.6. The number of hydrogen-bond donors (Lipinski definition) is 1. The van der Waals surface area contributed by atoms with E-state index in [9.17, 15) is 0 Å². The molecule has 0 aromatic heterocycles. The summed E-state index contributed by atoms with van der Waals surface area (Å²) in [5, 5.41) is 4.62. The third-order valence-electron chi connectivity index (χ3n) is 3.60. The van der Waals surface area contributed by atoms with Crippen molar-refractivity contribution in [2.24, 2.45) is 0 Å². The van der Waals surface area contributed by atoms with Crippen LogP contribution < -0.4 is 10.1 Å². The molecular formula is C17H17BrCl3NO2. The summed E-state index contributed by atoms with van der Waals surface area (Å²) in [5.74, 6) is 1.43. The summed E-state index contributed by atoms with van der Waals surface area (Å²) >= 11 is 15.6. The summed E-state index contributed by atoms with van der Waals surface area (Å²) in [6.45, 7) is 2.47. The fourth-order valence-corrected chi connectivity index (χ4v) is 3.39. The van der Waals surface area contributed by atoms with Crippen LogP contribution in [0.3, 0.4) is 0 Å². The molecule has 0 spiro atoms. The Morgan fingerprint density at radius 1 is 1.12 bits per heavy atom. The molecule has 1 saturated heterocycles. The first-order valence-electron chi connectivity index (χ1n) is 7.35. The summed E-state index contributed by atoms with van der Waals surface area (Å²) in [7, 11) is 0. The summed E-state index contributed by atoms with van der Waals surface area (Å²) in [6, 6.07) is 11.1. The molecule has 2 aromatic rings. The maximum atomic E-state index is 6.13. The first-order valence-corrected chi connectivity index (χ1v) is 8.90. The van der Waals surface area contributed by atoms with E-state index in [0.717, 1.165) is 41.9 Å². The molecule has 0 amide bonds. The molecule has 1 fully saturated rings. The van der Waals surface area contributed by atoms with Crippen LogP contribution in [0.5, 0.6) is 11.5 Å². The molecular weight excluding hydrogens is 436 g/mol. The van der Waals surface area contributed by atoms with Crippen molar-refractivity contribution in [2.45, 2.75) is 12.5 Å². The highest BCUT2D eigenvalue weighted by molar-refractivity contribution is 9.10. The molecule has 3 nitrogen and oxygen atoms in total. The van der Waals surface area contributed by atoms with Gasteiger partial charge in [0.05, 0.1) is 17.2 Å². The fourth-order valence-electron chi connectivity index (χ4n) is 2.46. The number of ether oxygens (including phenoxy) is 2. The van der Waals surface area contributed by atoms with Crippen LogP contribution in [0.15, 0.2) is 40.9 Å². The Hall–Kier alpha value is -0.490. The zero-order valence-corrected chi connectivity index (χ0v) is 16.6. The predicted molar refractivity (Wildman–Crippen MR) is 104 cm³/mol. The monoisotopic (exact) mass is 451 g/mol. The van der Waals surface area contributed by atoms with Crippen molar-refractivity contribution in [3.8, 4) is 11.5 Å². The molecule has 0 radical (unpaired) electrons. The van der Waals surface area contributed by atoms with Gasteiger partial charge in [0.1, 0.15) is 11.5 Å². The highest BCUT2D eigenvalue weighted by Gasteiger charge is 2.17. The van der Waals surface area contributed by atoms with Crippen LogP contribution in [0, 0.1) is 0 Å². The van der Waals surface area contributed by atoms with Crippen LogP contribution in [-0.2, 0) is 11.2 Å². The van der Waals surface area contributed by atoms with Gasteiger partial charge in [0.15, 0.2) is 0 Å². The standard InChI is InChI=1S/C17H16BrCl2NO2.ClH/c18-15-8-12(19)3-4-16(15)23-17-9-13(20)2-1-11(17)7-14-10-21-5-6-22-14;/h1-4,8-9,14,21H,5-7,10H2;1H/t14-;/m0./s1. The van der Waals surface area contributed by atoms with E-state index in [1.165, 1.54) is 0 Å². The van der Waals surface area contributed by atoms with Crippen LogP contribution in [-0.4, -0.2) is 25.8 Å². The number of benzene rings is 2. The van der Waals surface area contributed by atoms with E-state index in [2.05, 4.69) is 21.2 Å². The van der Waals surface area contributed by atoms with Gasteiger partial charge in [0.2, 0.25) is 0 Å². The maximum absolute atomic E-state index is 6.13. The van der Waals surface area contributed by atoms with Gasteiger partial charge in [0, 0.05) is 29.6 Å². The lowest BCUT2D eigenvalue weighted by Crippen LogP contribution is -2.39. The topological polar surface area (TPSA) is 30.5 Å². The quantitative estimate of drug-likeness (QED) is 0.663. The van der Waals surface area contributed by atoms with Crippen LogP contribution in [0.1, 0.15) is 5.56 Å². The Labute approximate surface area is 166 Å². The highest BCUT2D eigenvalue weighted by atomic mass is 79.9. The molecule has 1 aliphatic rings. The molecule has 0 aliphatic carbocycles. The average molecular weight is 454 g/mol. The predicted octanol–water partition coefficient (Wildman–Crippen LogP) is 5.50. The molecule has 24 heavy (non-hydrogen) atoms. The van der Waals surface area contributed by atoms with Gasteiger partial charge in [-0.1, -0.05) is 29.3 Å². The zero-order valence-electron chi connectivity index (χ0n) is 12.7. The minimum Gasteiger partial charge on any atom is -0.456 e. The fraction of sp³-hybridized carbons (Fsp3) is 0.294. The summed E-state index contributed by atoms with van der Waals surface area (Å²) in [5.41, 5.74) is 1.06. The van der Waals surface area contributed by atoms with Gasteiger partial charge < -0.3 is 14.8 Å². The lowest BCUT2D eigenvalue weighted by molar-refractivity contribution is 0.0289. The van der Waals surface area contributed by atoms with E-state index < -0.39 is 0 Å². The van der Waals surface area contributed by atoms with Gasteiger partial charge in [-0.3, -0.25) is 0 Å². The Morgan fingerprint density at radius 3 is 2.58 bits per heavy atom. The first-order chi connectivity index (χ1) is 11.1. The number of hydrogen-bond acceptors (Lipinski definition) is 3. The smallest absolute Gasteiger partial charge is 0.141 e. The van der Waals surface area contributed by atoms with Crippen LogP contribution in [0.2, 0.25) is 10.0 Å². The van der Waals surface area contributed by atoms with E-state index >= 15 is 0 Å². The highest BCUT2D eigenvalue weighted by Crippen LogP contribution is 2.35. The molecule has 1 N–H and O–H groups in total. The summed E-state index contributed by atoms with van der Waals surface area (Å²) in [6.07, 6.45) is 0.908. The molecule has 3 rings (SSSR count). The molecule has 0 saturated carbocycles. The van der Waals surface area contributed by atoms with E-state index in [4.69, 9.17) is 32.7 Å². The van der Waals surface area contributed by atoms with Crippen LogP contribution in [0.4, 0.5) is 0 Å². The second-order valence-corrected chi connectivity index (χ2v) is 7.06. The van der Waals surface area contributed by atoms with Crippen molar-refractivity contribution >= 4 is 51.5 Å². The van der Waals surface area contributed by atoms with Gasteiger partial charge in [-0.05, 0) is 51.8 Å². The lowest BCUT2D eigenvalue weighted by atomic mass is 10.1. The molecule has 0 bridgehead atoms. The Balaban J connectivity index is 0.00000208. The molecule has 7 heteroatoms. The second-order valence-electron chi connectivity index (χ2n) is 5.33. The molecule has 0 unspecified atom stereocenters. The van der Waals surface area contributed by atoms with Gasteiger partial charge in [-0.15, -0.1) is 12.4 Å². The van der Waals surface area contributed by atoms with E-state index in [1.807, 2.05) is 24.3 Å². The Morgan fingerprint density at radius 2 is 1.88 bits per heavy atom. The average Bonchev–Trinajstić information content (AvgIpc) is 2.54. The number of rotatable bonds is 4. The normalized spacial score (nSPS) is 17.2. The van der Waals surface area contributed by atoms with Crippen molar-refractivity contribution in [1.29, 1.82) is 0 Å². The Bertz CT molecular complexity index is 694. The van der Waals surface area contributed by atoms with E-state index in [-0.39, 0.29) is 18.5 Å². The van der Waals surface area contributed by atoms with Crippen molar-refractivity contribution in [1.82, 2.24) is 5.32 Å². The van der Waals surface area contributed by atoms with E-state index in [0.29, 0.717) is 15.8 Å². The minimum absolute atomic E-state index is 0. The molecule has 1 heterocycles. The van der Waals surface area contributed by atoms with Crippen molar-refractivity contribution in [3.05, 3.63) is 56.5 Å². The van der Waals surface area contributed by atoms with Gasteiger partial charge in [-0.25, -0.2) is 0 Å². The Kier molecular flexibility index (Phi) is 7.66. The first kappa shape index (κ1) is 19.8. The SMILES string of the molecule is Cl.Clc1ccc(Oc2cc(Cl)ccc2C[C@H]2CNCCO2)c(Br)c1. The minimum atomic E-state index is 0. The third kappa shape index (κ3) is 5.25. The third-order valence-corrected chi connectivity index (χ3v) is 4.68. The van der Waals surface area contributed by atoms with Crippen LogP contribution >= 0.6 is 51.5 Å². The van der Waals surface area contributed by atoms with Crippen molar-refractivity contribution in [2.75, 3.05) is 19.7 Å². The largest absolute Gasteiger partial charge is 0.456 e. The zero-order chi connectivity index (χ0) is 16.2. The molecule has 130 valence electrons. The number of morpholine rings is 1. The van der Waals surface area contributed by atoms with Gasteiger partial charge >= 0.3 is 0 Å². The molecule has 1 atom stereocenters. The van der Waals surface area contributed by atoms with Crippen LogP contribution in [0.25, 0.3) is 0 Å². The summed E-state index contributed by atoms with van der Waals surface area (Å²) in [4.78, 5) is 0. The van der Waals surface area contributed by atoms with Crippen molar-refractivity contribution in [3.63, 3.8) is 0 Å². The lowest BCUT2D eigenvalue weighted by Gasteiger charge is -2.24. The number of halogens is 4. The molecule has 1 aliphatic heterocycles. The van der Waals surface area contributed by atoms with E-state index in [1.54, 1.807) is 12.1 Å².